The molecule has 0 amide bonds. The van der Waals surface area contributed by atoms with Gasteiger partial charge in [0.05, 0.1) is 0 Å². The summed E-state index contributed by atoms with van der Waals surface area (Å²) in [5, 5.41) is 3.67. The van der Waals surface area contributed by atoms with E-state index in [0.717, 1.165) is 12.5 Å². The fourth-order valence-electron chi connectivity index (χ4n) is 2.41. The molecular formula is C14H20INS. The van der Waals surface area contributed by atoms with Crippen LogP contribution in [-0.2, 0) is 6.42 Å². The van der Waals surface area contributed by atoms with Crippen LogP contribution in [-0.4, -0.2) is 24.1 Å². The molecule has 0 spiro atoms. The molecule has 1 aliphatic rings. The van der Waals surface area contributed by atoms with E-state index in [1.165, 1.54) is 33.5 Å². The lowest BCUT2D eigenvalue weighted by Crippen LogP contribution is -2.38. The summed E-state index contributed by atoms with van der Waals surface area (Å²) in [6.45, 7) is 3.29. The molecule has 2 unspecified atom stereocenters. The Morgan fingerprint density at radius 1 is 1.41 bits per heavy atom. The lowest BCUT2D eigenvalue weighted by molar-refractivity contribution is 0.387. The zero-order valence-corrected chi connectivity index (χ0v) is 13.3. The van der Waals surface area contributed by atoms with E-state index in [0.29, 0.717) is 6.04 Å². The zero-order chi connectivity index (χ0) is 12.1. The number of rotatable bonds is 5. The molecular weight excluding hydrogens is 341 g/mol. The van der Waals surface area contributed by atoms with Crippen molar-refractivity contribution in [3.05, 3.63) is 33.4 Å². The second-order valence-electron chi connectivity index (χ2n) is 4.62. The Hall–Kier alpha value is 0.260. The Kier molecular flexibility index (Phi) is 5.63. The van der Waals surface area contributed by atoms with Crippen LogP contribution in [0.1, 0.15) is 18.9 Å². The molecule has 0 radical (unpaired) electrons. The largest absolute Gasteiger partial charge is 0.314 e. The van der Waals surface area contributed by atoms with Gasteiger partial charge >= 0.3 is 0 Å². The second-order valence-corrected chi connectivity index (χ2v) is 7.01. The van der Waals surface area contributed by atoms with Crippen molar-refractivity contribution in [3.8, 4) is 0 Å². The number of hydrogen-bond acceptors (Lipinski definition) is 2. The lowest BCUT2D eigenvalue weighted by Gasteiger charge is -2.24. The van der Waals surface area contributed by atoms with E-state index in [4.69, 9.17) is 0 Å². The van der Waals surface area contributed by atoms with Gasteiger partial charge in [0.2, 0.25) is 0 Å². The van der Waals surface area contributed by atoms with Crippen LogP contribution in [0.15, 0.2) is 24.3 Å². The predicted molar refractivity (Wildman–Crippen MR) is 85.8 cm³/mol. The molecule has 0 bridgehead atoms. The van der Waals surface area contributed by atoms with Gasteiger partial charge in [0, 0.05) is 9.61 Å². The second kappa shape index (κ2) is 7.00. The molecule has 0 aromatic heterocycles. The lowest BCUT2D eigenvalue weighted by atomic mass is 9.93. The van der Waals surface area contributed by atoms with Crippen molar-refractivity contribution in [1.29, 1.82) is 0 Å². The van der Waals surface area contributed by atoms with Gasteiger partial charge in [-0.15, -0.1) is 0 Å². The van der Waals surface area contributed by atoms with E-state index in [2.05, 4.69) is 70.9 Å². The third-order valence-electron chi connectivity index (χ3n) is 3.37. The van der Waals surface area contributed by atoms with Crippen LogP contribution in [0.5, 0.6) is 0 Å². The summed E-state index contributed by atoms with van der Waals surface area (Å²) in [4.78, 5) is 0. The van der Waals surface area contributed by atoms with E-state index in [1.807, 2.05) is 0 Å². The van der Waals surface area contributed by atoms with Gasteiger partial charge in [-0.25, -0.2) is 0 Å². The van der Waals surface area contributed by atoms with Gasteiger partial charge < -0.3 is 5.32 Å². The summed E-state index contributed by atoms with van der Waals surface area (Å²) in [6.07, 6.45) is 2.56. The summed E-state index contributed by atoms with van der Waals surface area (Å²) in [6, 6.07) is 9.63. The monoisotopic (exact) mass is 361 g/mol. The van der Waals surface area contributed by atoms with E-state index in [9.17, 15) is 0 Å². The highest BCUT2D eigenvalue weighted by Crippen LogP contribution is 2.27. The molecule has 1 saturated heterocycles. The first-order valence-electron chi connectivity index (χ1n) is 6.35. The van der Waals surface area contributed by atoms with E-state index in [1.54, 1.807) is 0 Å². The molecule has 94 valence electrons. The van der Waals surface area contributed by atoms with Gasteiger partial charge in [-0.05, 0) is 77.1 Å². The Bertz CT molecular complexity index is 333. The van der Waals surface area contributed by atoms with Crippen molar-refractivity contribution in [2.45, 2.75) is 25.8 Å². The predicted octanol–water partition coefficient (Wildman–Crippen LogP) is 3.56. The molecule has 2 atom stereocenters. The molecule has 1 aromatic carbocycles. The summed E-state index contributed by atoms with van der Waals surface area (Å²) in [7, 11) is 0. The summed E-state index contributed by atoms with van der Waals surface area (Å²) >= 11 is 4.47. The highest BCUT2D eigenvalue weighted by Gasteiger charge is 2.24. The van der Waals surface area contributed by atoms with Crippen molar-refractivity contribution in [1.82, 2.24) is 5.32 Å². The van der Waals surface area contributed by atoms with E-state index in [-0.39, 0.29) is 0 Å². The minimum Gasteiger partial charge on any atom is -0.314 e. The summed E-state index contributed by atoms with van der Waals surface area (Å²) < 4.78 is 1.32. The minimum atomic E-state index is 0.662. The average molecular weight is 361 g/mol. The maximum atomic E-state index is 3.67. The smallest absolute Gasteiger partial charge is 0.0144 e. The fraction of sp³-hybridized carbons (Fsp3) is 0.571. The van der Waals surface area contributed by atoms with Crippen LogP contribution in [0.3, 0.4) is 0 Å². The first kappa shape index (κ1) is 13.7. The van der Waals surface area contributed by atoms with Crippen LogP contribution in [0.25, 0.3) is 0 Å². The van der Waals surface area contributed by atoms with Crippen molar-refractivity contribution in [2.75, 3.05) is 18.1 Å². The molecule has 0 saturated carbocycles. The van der Waals surface area contributed by atoms with Crippen LogP contribution in [0.2, 0.25) is 0 Å². The molecule has 17 heavy (non-hydrogen) atoms. The Morgan fingerprint density at radius 3 is 2.76 bits per heavy atom. The fourth-order valence-corrected chi connectivity index (χ4v) is 4.11. The van der Waals surface area contributed by atoms with Crippen molar-refractivity contribution >= 4 is 34.4 Å². The molecule has 1 fully saturated rings. The number of likely N-dealkylation sites (N-methyl/N-ethyl adjacent to an activating group) is 1. The molecule has 1 aromatic rings. The number of benzene rings is 1. The third kappa shape index (κ3) is 4.14. The van der Waals surface area contributed by atoms with Crippen molar-refractivity contribution < 1.29 is 0 Å². The van der Waals surface area contributed by atoms with E-state index < -0.39 is 0 Å². The maximum Gasteiger partial charge on any atom is 0.0144 e. The standard InChI is InChI=1S/C14H20INS/c1-2-16-14(12-7-8-17-10-12)9-11-3-5-13(15)6-4-11/h3-6,12,14,16H,2,7-10H2,1H3. The minimum absolute atomic E-state index is 0.662. The van der Waals surface area contributed by atoms with Crippen LogP contribution >= 0.6 is 34.4 Å². The SMILES string of the molecule is CCNC(Cc1ccc(I)cc1)C1CCSC1. The molecule has 1 N–H and O–H groups in total. The molecule has 2 rings (SSSR count). The van der Waals surface area contributed by atoms with Gasteiger partial charge in [0.25, 0.3) is 0 Å². The van der Waals surface area contributed by atoms with Crippen LogP contribution in [0.4, 0.5) is 0 Å². The zero-order valence-electron chi connectivity index (χ0n) is 10.3. The number of halogens is 1. The normalized spacial score (nSPS) is 21.6. The van der Waals surface area contributed by atoms with Crippen LogP contribution < -0.4 is 5.32 Å². The molecule has 1 aliphatic heterocycles. The van der Waals surface area contributed by atoms with E-state index >= 15 is 0 Å². The topological polar surface area (TPSA) is 12.0 Å². The quantitative estimate of drug-likeness (QED) is 0.805. The molecule has 1 nitrogen and oxygen atoms in total. The highest BCUT2D eigenvalue weighted by atomic mass is 127. The van der Waals surface area contributed by atoms with Crippen LogP contribution in [0, 0.1) is 9.49 Å². The van der Waals surface area contributed by atoms with Gasteiger partial charge in [-0.2, -0.15) is 11.8 Å². The number of thioether (sulfide) groups is 1. The van der Waals surface area contributed by atoms with Gasteiger partial charge in [-0.3, -0.25) is 0 Å². The first-order chi connectivity index (χ1) is 8.29. The Balaban J connectivity index is 1.98. The van der Waals surface area contributed by atoms with Gasteiger partial charge in [0.15, 0.2) is 0 Å². The van der Waals surface area contributed by atoms with Crippen molar-refractivity contribution in [2.24, 2.45) is 5.92 Å². The average Bonchev–Trinajstić information content (AvgIpc) is 2.85. The third-order valence-corrected chi connectivity index (χ3v) is 5.28. The Morgan fingerprint density at radius 2 is 2.18 bits per heavy atom. The molecule has 1 heterocycles. The molecule has 3 heteroatoms. The summed E-state index contributed by atoms with van der Waals surface area (Å²) in [5.74, 6) is 3.54. The van der Waals surface area contributed by atoms with Gasteiger partial charge in [-0.1, -0.05) is 19.1 Å². The number of nitrogens with one attached hydrogen (secondary N) is 1. The number of hydrogen-bond donors (Lipinski definition) is 1. The molecule has 0 aliphatic carbocycles. The Labute approximate surface area is 122 Å². The highest BCUT2D eigenvalue weighted by molar-refractivity contribution is 14.1. The van der Waals surface area contributed by atoms with Gasteiger partial charge in [0.1, 0.15) is 0 Å². The van der Waals surface area contributed by atoms with Crippen molar-refractivity contribution in [3.63, 3.8) is 0 Å². The summed E-state index contributed by atoms with van der Waals surface area (Å²) in [5.41, 5.74) is 1.47. The first-order valence-corrected chi connectivity index (χ1v) is 8.58. The maximum absolute atomic E-state index is 3.67.